The van der Waals surface area contributed by atoms with Gasteiger partial charge in [0.05, 0.1) is 0 Å². The Morgan fingerprint density at radius 2 is 2.00 bits per heavy atom. The topological polar surface area (TPSA) is 24.1 Å². The van der Waals surface area contributed by atoms with Crippen LogP contribution in [-0.4, -0.2) is 31.3 Å². The summed E-state index contributed by atoms with van der Waals surface area (Å²) < 4.78 is 37.8. The van der Waals surface area contributed by atoms with E-state index in [1.54, 1.807) is 0 Å². The zero-order valence-electron chi connectivity index (χ0n) is 8.82. The molecule has 1 aliphatic carbocycles. The monoisotopic (exact) mass is 222 g/mol. The molecule has 5 heteroatoms. The first-order chi connectivity index (χ1) is 6.95. The van der Waals surface area contributed by atoms with Crippen molar-refractivity contribution in [3.63, 3.8) is 0 Å². The van der Waals surface area contributed by atoms with Crippen LogP contribution in [0, 0.1) is 11.8 Å². The van der Waals surface area contributed by atoms with E-state index in [-0.39, 0.29) is 12.8 Å². The number of nitrogens with one attached hydrogen (secondary N) is 2. The smallest absolute Gasteiger partial charge is 0.316 e. The van der Waals surface area contributed by atoms with E-state index in [2.05, 4.69) is 17.6 Å². The molecule has 1 saturated carbocycles. The van der Waals surface area contributed by atoms with Crippen molar-refractivity contribution in [2.75, 3.05) is 19.6 Å². The molecule has 2 rings (SSSR count). The predicted octanol–water partition coefficient (Wildman–Crippen LogP) is 1.53. The van der Waals surface area contributed by atoms with Gasteiger partial charge in [0, 0.05) is 6.54 Å². The maximum atomic E-state index is 12.6. The van der Waals surface area contributed by atoms with Gasteiger partial charge in [0.25, 0.3) is 0 Å². The lowest BCUT2D eigenvalue weighted by atomic mass is 9.98. The van der Waals surface area contributed by atoms with Crippen molar-refractivity contribution in [2.45, 2.75) is 31.5 Å². The number of hydrogen-bond acceptors (Lipinski definition) is 2. The largest absolute Gasteiger partial charge is 0.406 e. The first kappa shape index (κ1) is 11.2. The molecule has 0 spiro atoms. The Bertz CT molecular complexity index is 235. The summed E-state index contributed by atoms with van der Waals surface area (Å²) in [6, 6.07) is 0. The van der Waals surface area contributed by atoms with Crippen molar-refractivity contribution < 1.29 is 13.2 Å². The average Bonchev–Trinajstić information content (AvgIpc) is 2.82. The maximum absolute atomic E-state index is 12.6. The molecule has 1 saturated heterocycles. The number of hydrogen-bond donors (Lipinski definition) is 2. The van der Waals surface area contributed by atoms with E-state index in [1.807, 2.05) is 0 Å². The van der Waals surface area contributed by atoms with Crippen LogP contribution in [0.1, 0.15) is 19.8 Å². The third kappa shape index (κ3) is 2.13. The summed E-state index contributed by atoms with van der Waals surface area (Å²) in [6.45, 7) is 4.32. The molecule has 15 heavy (non-hydrogen) atoms. The van der Waals surface area contributed by atoms with Crippen LogP contribution in [0.3, 0.4) is 0 Å². The van der Waals surface area contributed by atoms with Gasteiger partial charge in [-0.3, -0.25) is 0 Å². The fourth-order valence-electron chi connectivity index (χ4n) is 2.15. The van der Waals surface area contributed by atoms with Gasteiger partial charge in [0.2, 0.25) is 0 Å². The Kier molecular flexibility index (Phi) is 2.71. The van der Waals surface area contributed by atoms with E-state index in [9.17, 15) is 13.2 Å². The van der Waals surface area contributed by atoms with Crippen molar-refractivity contribution in [3.05, 3.63) is 0 Å². The molecule has 0 aromatic rings. The maximum Gasteiger partial charge on any atom is 0.406 e. The normalized spacial score (nSPS) is 34.4. The third-order valence-corrected chi connectivity index (χ3v) is 3.67. The van der Waals surface area contributed by atoms with Gasteiger partial charge in [-0.25, -0.2) is 0 Å². The summed E-state index contributed by atoms with van der Waals surface area (Å²) >= 11 is 0. The second-order valence-electron chi connectivity index (χ2n) is 4.86. The molecule has 1 aliphatic heterocycles. The summed E-state index contributed by atoms with van der Waals surface area (Å²) in [5.41, 5.74) is -1.55. The highest BCUT2D eigenvalue weighted by Crippen LogP contribution is 2.49. The highest BCUT2D eigenvalue weighted by molar-refractivity contribution is 5.08. The van der Waals surface area contributed by atoms with Crippen LogP contribution in [0.15, 0.2) is 0 Å². The molecule has 2 atom stereocenters. The van der Waals surface area contributed by atoms with Crippen LogP contribution in [0.25, 0.3) is 0 Å². The van der Waals surface area contributed by atoms with E-state index in [0.29, 0.717) is 18.4 Å². The first-order valence-electron chi connectivity index (χ1n) is 5.47. The summed E-state index contributed by atoms with van der Waals surface area (Å²) in [7, 11) is 0. The summed E-state index contributed by atoms with van der Waals surface area (Å²) in [5, 5.41) is 5.91. The standard InChI is InChI=1S/C10H17F3N2/c1-7-4-14-5-8(7)6-15-9(2-3-9)10(11,12)13/h7-8,14-15H,2-6H2,1H3/t7-,8+/m1/s1. The molecule has 0 bridgehead atoms. The van der Waals surface area contributed by atoms with E-state index < -0.39 is 11.7 Å². The van der Waals surface area contributed by atoms with Crippen LogP contribution in [-0.2, 0) is 0 Å². The van der Waals surface area contributed by atoms with Gasteiger partial charge >= 0.3 is 6.18 Å². The quantitative estimate of drug-likeness (QED) is 0.756. The molecule has 2 aliphatic rings. The fourth-order valence-corrected chi connectivity index (χ4v) is 2.15. The van der Waals surface area contributed by atoms with Crippen molar-refractivity contribution in [1.29, 1.82) is 0 Å². The Morgan fingerprint density at radius 1 is 1.33 bits per heavy atom. The molecular formula is C10H17F3N2. The molecule has 2 fully saturated rings. The van der Waals surface area contributed by atoms with Crippen LogP contribution >= 0.6 is 0 Å². The lowest BCUT2D eigenvalue weighted by Gasteiger charge is -2.24. The van der Waals surface area contributed by atoms with E-state index >= 15 is 0 Å². The minimum absolute atomic E-state index is 0.241. The zero-order valence-corrected chi connectivity index (χ0v) is 8.82. The fraction of sp³-hybridized carbons (Fsp3) is 1.00. The number of rotatable bonds is 3. The van der Waals surface area contributed by atoms with E-state index in [0.717, 1.165) is 13.1 Å². The lowest BCUT2D eigenvalue weighted by molar-refractivity contribution is -0.166. The van der Waals surface area contributed by atoms with E-state index in [1.165, 1.54) is 0 Å². The molecule has 0 aromatic heterocycles. The number of alkyl halides is 3. The Labute approximate surface area is 87.6 Å². The lowest BCUT2D eigenvalue weighted by Crippen LogP contribution is -2.47. The minimum Gasteiger partial charge on any atom is -0.316 e. The summed E-state index contributed by atoms with van der Waals surface area (Å²) in [6.07, 6.45) is -3.60. The molecule has 0 unspecified atom stereocenters. The van der Waals surface area contributed by atoms with Crippen molar-refractivity contribution >= 4 is 0 Å². The summed E-state index contributed by atoms with van der Waals surface area (Å²) in [5.74, 6) is 0.811. The minimum atomic E-state index is -4.08. The SMILES string of the molecule is C[C@@H]1CNC[C@H]1CNC1(C(F)(F)F)CC1. The molecule has 2 nitrogen and oxygen atoms in total. The van der Waals surface area contributed by atoms with Crippen LogP contribution in [0.4, 0.5) is 13.2 Å². The van der Waals surface area contributed by atoms with Gasteiger partial charge in [0.15, 0.2) is 0 Å². The Balaban J connectivity index is 1.83. The molecular weight excluding hydrogens is 205 g/mol. The van der Waals surface area contributed by atoms with Crippen molar-refractivity contribution in [3.8, 4) is 0 Å². The summed E-state index contributed by atoms with van der Waals surface area (Å²) in [4.78, 5) is 0. The van der Waals surface area contributed by atoms with Gasteiger partial charge in [-0.15, -0.1) is 0 Å². The highest BCUT2D eigenvalue weighted by Gasteiger charge is 2.63. The first-order valence-corrected chi connectivity index (χ1v) is 5.47. The number of halogens is 3. The van der Waals surface area contributed by atoms with Crippen LogP contribution in [0.2, 0.25) is 0 Å². The van der Waals surface area contributed by atoms with E-state index in [4.69, 9.17) is 0 Å². The van der Waals surface area contributed by atoms with Gasteiger partial charge in [0.1, 0.15) is 5.54 Å². The molecule has 0 radical (unpaired) electrons. The molecule has 0 aromatic carbocycles. The Morgan fingerprint density at radius 3 is 2.40 bits per heavy atom. The van der Waals surface area contributed by atoms with Crippen LogP contribution < -0.4 is 10.6 Å². The predicted molar refractivity (Wildman–Crippen MR) is 51.5 cm³/mol. The third-order valence-electron chi connectivity index (χ3n) is 3.67. The van der Waals surface area contributed by atoms with Gasteiger partial charge < -0.3 is 10.6 Å². The second-order valence-corrected chi connectivity index (χ2v) is 4.86. The molecule has 2 N–H and O–H groups in total. The zero-order chi connectivity index (χ0) is 11.1. The molecule has 88 valence electrons. The average molecular weight is 222 g/mol. The van der Waals surface area contributed by atoms with Gasteiger partial charge in [-0.1, -0.05) is 6.92 Å². The Hall–Kier alpha value is -0.290. The van der Waals surface area contributed by atoms with Crippen molar-refractivity contribution in [1.82, 2.24) is 10.6 Å². The second kappa shape index (κ2) is 3.63. The van der Waals surface area contributed by atoms with Crippen LogP contribution in [0.5, 0.6) is 0 Å². The van der Waals surface area contributed by atoms with Crippen molar-refractivity contribution in [2.24, 2.45) is 11.8 Å². The molecule has 0 amide bonds. The highest BCUT2D eigenvalue weighted by atomic mass is 19.4. The molecule has 1 heterocycles. The van der Waals surface area contributed by atoms with Gasteiger partial charge in [-0.05, 0) is 37.8 Å². The van der Waals surface area contributed by atoms with Gasteiger partial charge in [-0.2, -0.15) is 13.2 Å².